The molecule has 3 aliphatic rings. The molecule has 234 valence electrons. The van der Waals surface area contributed by atoms with Crippen molar-refractivity contribution in [1.82, 2.24) is 4.90 Å². The highest BCUT2D eigenvalue weighted by molar-refractivity contribution is 6.32. The number of aliphatic carboxylic acids is 1. The van der Waals surface area contributed by atoms with Crippen molar-refractivity contribution in [3.05, 3.63) is 80.9 Å². The lowest BCUT2D eigenvalue weighted by Gasteiger charge is -2.49. The summed E-state index contributed by atoms with van der Waals surface area (Å²) >= 11 is 6.85. The van der Waals surface area contributed by atoms with E-state index in [1.807, 2.05) is 39.5 Å². The third-order valence-corrected chi connectivity index (χ3v) is 8.85. The number of Topliss-reactive ketones (excluding diaryl/α,β-unsaturated/α-hetero) is 2. The fraction of sp³-hybridized carbons (Fsp3) is 0.457. The molecule has 0 aromatic heterocycles. The van der Waals surface area contributed by atoms with Gasteiger partial charge in [-0.2, -0.15) is 0 Å². The number of nitrogens with zero attached hydrogens (tertiary/aromatic N) is 1. The van der Waals surface area contributed by atoms with Gasteiger partial charge in [0.1, 0.15) is 12.4 Å². The van der Waals surface area contributed by atoms with Crippen LogP contribution < -0.4 is 9.47 Å². The molecule has 0 fully saturated rings. The van der Waals surface area contributed by atoms with Crippen molar-refractivity contribution in [3.8, 4) is 11.5 Å². The standard InChI is InChI=1S/C35H39ClFNO6/c1-6-43-28-14-21(13-22(36)33(28)44-19-20-9-7-8-10-23(20)37)30-31-24(15-34(2,3)17-26(31)39)38(12-11-29(41)42)25-16-35(4,5)18-27(40)32(25)30/h7-10,13-14,30H,6,11-12,15-19H2,1-5H3,(H,41,42). The maximum absolute atomic E-state index is 14.3. The summed E-state index contributed by atoms with van der Waals surface area (Å²) in [7, 11) is 0. The zero-order valence-corrected chi connectivity index (χ0v) is 26.6. The summed E-state index contributed by atoms with van der Waals surface area (Å²) in [5, 5.41) is 9.81. The van der Waals surface area contributed by atoms with Gasteiger partial charge < -0.3 is 19.5 Å². The van der Waals surface area contributed by atoms with E-state index in [1.54, 1.807) is 30.3 Å². The van der Waals surface area contributed by atoms with Gasteiger partial charge in [0, 0.05) is 53.4 Å². The van der Waals surface area contributed by atoms with Crippen LogP contribution in [0, 0.1) is 16.6 Å². The molecule has 0 saturated heterocycles. The first kappa shape index (κ1) is 31.8. The van der Waals surface area contributed by atoms with E-state index in [9.17, 15) is 23.9 Å². The maximum atomic E-state index is 14.3. The Kier molecular flexibility index (Phi) is 8.69. The molecule has 0 saturated carbocycles. The molecule has 0 amide bonds. The fourth-order valence-electron chi connectivity index (χ4n) is 6.78. The monoisotopic (exact) mass is 623 g/mol. The molecule has 2 aromatic carbocycles. The van der Waals surface area contributed by atoms with Gasteiger partial charge in [0.25, 0.3) is 0 Å². The zero-order valence-electron chi connectivity index (χ0n) is 25.9. The van der Waals surface area contributed by atoms with Crippen molar-refractivity contribution in [3.63, 3.8) is 0 Å². The van der Waals surface area contributed by atoms with Gasteiger partial charge in [-0.1, -0.05) is 57.5 Å². The molecule has 9 heteroatoms. The number of halogens is 2. The van der Waals surface area contributed by atoms with Crippen LogP contribution >= 0.6 is 11.6 Å². The minimum absolute atomic E-state index is 0.0697. The Bertz CT molecular complexity index is 1540. The van der Waals surface area contributed by atoms with Crippen molar-refractivity contribution in [2.45, 2.75) is 79.2 Å². The van der Waals surface area contributed by atoms with Crippen LogP contribution in [0.1, 0.15) is 83.8 Å². The summed E-state index contributed by atoms with van der Waals surface area (Å²) in [6.45, 7) is 10.3. The molecule has 2 aliphatic carbocycles. The second-order valence-corrected chi connectivity index (χ2v) is 13.9. The van der Waals surface area contributed by atoms with E-state index in [0.717, 1.165) is 11.4 Å². The first-order valence-electron chi connectivity index (χ1n) is 15.1. The molecule has 1 heterocycles. The topological polar surface area (TPSA) is 93.1 Å². The van der Waals surface area contributed by atoms with E-state index >= 15 is 0 Å². The van der Waals surface area contributed by atoms with Crippen LogP contribution in [0.4, 0.5) is 4.39 Å². The summed E-state index contributed by atoms with van der Waals surface area (Å²) in [5.41, 5.74) is 2.88. The molecule has 2 aromatic rings. The molecule has 1 N–H and O–H groups in total. The molecular formula is C35H39ClFNO6. The Balaban J connectivity index is 1.68. The minimum atomic E-state index is -0.946. The molecule has 0 radical (unpaired) electrons. The predicted molar refractivity (Wildman–Crippen MR) is 165 cm³/mol. The fourth-order valence-corrected chi connectivity index (χ4v) is 7.06. The maximum Gasteiger partial charge on any atom is 0.305 e. The Hall–Kier alpha value is -3.65. The van der Waals surface area contributed by atoms with Gasteiger partial charge >= 0.3 is 5.97 Å². The highest BCUT2D eigenvalue weighted by atomic mass is 35.5. The Labute approximate surface area is 262 Å². The van der Waals surface area contributed by atoms with Gasteiger partial charge in [0.2, 0.25) is 0 Å². The molecular weight excluding hydrogens is 585 g/mol. The second-order valence-electron chi connectivity index (χ2n) is 13.5. The SMILES string of the molecule is CCOc1cc(C2C3=C(CC(C)(C)CC3=O)N(CCC(=O)O)C3=C2C(=O)CC(C)(C)C3)cc(Cl)c1OCc1ccccc1F. The summed E-state index contributed by atoms with van der Waals surface area (Å²) in [4.78, 5) is 41.7. The first-order valence-corrected chi connectivity index (χ1v) is 15.4. The van der Waals surface area contributed by atoms with Crippen molar-refractivity contribution >= 4 is 29.1 Å². The largest absolute Gasteiger partial charge is 0.490 e. The second kappa shape index (κ2) is 12.0. The Morgan fingerprint density at radius 3 is 2.11 bits per heavy atom. The summed E-state index contributed by atoms with van der Waals surface area (Å²) in [5.74, 6) is -1.60. The van der Waals surface area contributed by atoms with Crippen molar-refractivity contribution in [2.75, 3.05) is 13.2 Å². The molecule has 7 nitrogen and oxygen atoms in total. The number of hydrogen-bond donors (Lipinski definition) is 1. The number of benzene rings is 2. The lowest BCUT2D eigenvalue weighted by atomic mass is 9.63. The van der Waals surface area contributed by atoms with E-state index < -0.39 is 17.7 Å². The molecule has 0 bridgehead atoms. The summed E-state index contributed by atoms with van der Waals surface area (Å²) < 4.78 is 26.3. The van der Waals surface area contributed by atoms with E-state index in [0.29, 0.717) is 60.3 Å². The van der Waals surface area contributed by atoms with Crippen molar-refractivity contribution in [1.29, 1.82) is 0 Å². The van der Waals surface area contributed by atoms with E-state index in [1.165, 1.54) is 6.07 Å². The van der Waals surface area contributed by atoms with Crippen LogP contribution in [0.25, 0.3) is 0 Å². The molecule has 0 atom stereocenters. The third kappa shape index (κ3) is 6.27. The van der Waals surface area contributed by atoms with Crippen LogP contribution in [-0.2, 0) is 21.0 Å². The average Bonchev–Trinajstić information content (AvgIpc) is 2.90. The lowest BCUT2D eigenvalue weighted by Crippen LogP contribution is -2.45. The number of carboxylic acid groups (broad SMARTS) is 1. The van der Waals surface area contributed by atoms with Crippen LogP contribution in [0.5, 0.6) is 11.5 Å². The summed E-state index contributed by atoms with van der Waals surface area (Å²) in [6, 6.07) is 9.78. The first-order chi connectivity index (χ1) is 20.7. The van der Waals surface area contributed by atoms with Crippen LogP contribution in [-0.4, -0.2) is 40.7 Å². The van der Waals surface area contributed by atoms with E-state index in [-0.39, 0.29) is 52.7 Å². The van der Waals surface area contributed by atoms with Gasteiger partial charge in [-0.3, -0.25) is 14.4 Å². The van der Waals surface area contributed by atoms with E-state index in [4.69, 9.17) is 21.1 Å². The van der Waals surface area contributed by atoms with Crippen molar-refractivity contribution < 1.29 is 33.4 Å². The Morgan fingerprint density at radius 2 is 1.57 bits per heavy atom. The number of allylic oxidation sites excluding steroid dienone is 4. The third-order valence-electron chi connectivity index (χ3n) is 8.57. The molecule has 0 unspecified atom stereocenters. The van der Waals surface area contributed by atoms with Gasteiger partial charge in [-0.05, 0) is 54.4 Å². The number of ketones is 2. The van der Waals surface area contributed by atoms with Crippen LogP contribution in [0.15, 0.2) is 58.9 Å². The van der Waals surface area contributed by atoms with Gasteiger partial charge in [0.05, 0.1) is 18.1 Å². The normalized spacial score (nSPS) is 19.6. The predicted octanol–water partition coefficient (Wildman–Crippen LogP) is 7.62. The zero-order chi connectivity index (χ0) is 32.0. The quantitative estimate of drug-likeness (QED) is 0.307. The molecule has 5 rings (SSSR count). The number of rotatable bonds is 9. The van der Waals surface area contributed by atoms with Gasteiger partial charge in [-0.25, -0.2) is 4.39 Å². The molecule has 1 aliphatic heterocycles. The minimum Gasteiger partial charge on any atom is -0.490 e. The highest BCUT2D eigenvalue weighted by Crippen LogP contribution is 2.55. The lowest BCUT2D eigenvalue weighted by molar-refractivity contribution is -0.137. The van der Waals surface area contributed by atoms with Crippen molar-refractivity contribution in [2.24, 2.45) is 10.8 Å². The highest BCUT2D eigenvalue weighted by Gasteiger charge is 2.49. The molecule has 44 heavy (non-hydrogen) atoms. The van der Waals surface area contributed by atoms with Gasteiger partial charge in [0.15, 0.2) is 23.1 Å². The number of carbonyl (C=O) groups excluding carboxylic acids is 2. The summed E-state index contributed by atoms with van der Waals surface area (Å²) in [6.07, 6.45) is 1.59. The smallest absolute Gasteiger partial charge is 0.305 e. The average molecular weight is 624 g/mol. The van der Waals surface area contributed by atoms with E-state index in [2.05, 4.69) is 0 Å². The van der Waals surface area contributed by atoms with Crippen LogP contribution in [0.2, 0.25) is 5.02 Å². The molecule has 0 spiro atoms. The van der Waals surface area contributed by atoms with Crippen LogP contribution in [0.3, 0.4) is 0 Å². The number of carboxylic acids is 1. The Morgan fingerprint density at radius 1 is 0.977 bits per heavy atom. The van der Waals surface area contributed by atoms with Gasteiger partial charge in [-0.15, -0.1) is 0 Å². The number of ether oxygens (including phenoxy) is 2. The number of carbonyl (C=O) groups is 3. The number of hydrogen-bond acceptors (Lipinski definition) is 6.